The summed E-state index contributed by atoms with van der Waals surface area (Å²) in [7, 11) is 4.64. The van der Waals surface area contributed by atoms with Crippen LogP contribution in [0.1, 0.15) is 12.5 Å². The summed E-state index contributed by atoms with van der Waals surface area (Å²) in [5, 5.41) is 16.6. The molecule has 0 saturated heterocycles. The van der Waals surface area contributed by atoms with Gasteiger partial charge in [0, 0.05) is 19.7 Å². The van der Waals surface area contributed by atoms with Gasteiger partial charge in [-0.2, -0.15) is 5.10 Å². The van der Waals surface area contributed by atoms with E-state index in [1.807, 2.05) is 0 Å². The standard InChI is InChI=1S/C14H16Cl2N2O3/c1-8(17-18(2)3)12(14(20)21-4)13(19)9-5-6-10(15)11(16)7-9/h5-7,19H,1-4H3/b13-12+,17-8+. The summed E-state index contributed by atoms with van der Waals surface area (Å²) < 4.78 is 4.70. The summed E-state index contributed by atoms with van der Waals surface area (Å²) >= 11 is 11.8. The molecule has 0 atom stereocenters. The molecule has 1 aromatic rings. The Morgan fingerprint density at radius 2 is 1.90 bits per heavy atom. The van der Waals surface area contributed by atoms with Gasteiger partial charge < -0.3 is 14.9 Å². The first-order chi connectivity index (χ1) is 9.77. The Bertz CT molecular complexity index is 610. The highest BCUT2D eigenvalue weighted by Gasteiger charge is 2.21. The summed E-state index contributed by atoms with van der Waals surface area (Å²) in [4.78, 5) is 11.9. The van der Waals surface area contributed by atoms with Crippen molar-refractivity contribution in [1.82, 2.24) is 5.01 Å². The fraction of sp³-hybridized carbons (Fsp3) is 0.286. The van der Waals surface area contributed by atoms with Gasteiger partial charge in [0.2, 0.25) is 0 Å². The molecule has 0 fully saturated rings. The Morgan fingerprint density at radius 1 is 1.29 bits per heavy atom. The lowest BCUT2D eigenvalue weighted by molar-refractivity contribution is -0.135. The van der Waals surface area contributed by atoms with Crippen molar-refractivity contribution in [3.8, 4) is 0 Å². The predicted molar refractivity (Wildman–Crippen MR) is 84.8 cm³/mol. The molecule has 1 rings (SSSR count). The molecule has 0 spiro atoms. The van der Waals surface area contributed by atoms with Gasteiger partial charge in [0.05, 0.1) is 22.9 Å². The van der Waals surface area contributed by atoms with Crippen LogP contribution < -0.4 is 0 Å². The summed E-state index contributed by atoms with van der Waals surface area (Å²) in [6, 6.07) is 4.54. The van der Waals surface area contributed by atoms with Crippen LogP contribution in [-0.2, 0) is 9.53 Å². The van der Waals surface area contributed by atoms with Crippen LogP contribution in [0.3, 0.4) is 0 Å². The van der Waals surface area contributed by atoms with E-state index in [2.05, 4.69) is 5.10 Å². The molecule has 21 heavy (non-hydrogen) atoms. The maximum atomic E-state index is 11.9. The third-order valence-electron chi connectivity index (χ3n) is 2.53. The van der Waals surface area contributed by atoms with Crippen molar-refractivity contribution in [2.24, 2.45) is 5.10 Å². The molecule has 1 N–H and O–H groups in total. The van der Waals surface area contributed by atoms with Gasteiger partial charge in [-0.05, 0) is 25.1 Å². The van der Waals surface area contributed by atoms with E-state index >= 15 is 0 Å². The normalized spacial score (nSPS) is 12.8. The van der Waals surface area contributed by atoms with E-state index in [9.17, 15) is 9.90 Å². The smallest absolute Gasteiger partial charge is 0.343 e. The number of benzene rings is 1. The predicted octanol–water partition coefficient (Wildman–Crippen LogP) is 3.37. The van der Waals surface area contributed by atoms with Gasteiger partial charge in [-0.25, -0.2) is 4.79 Å². The molecule has 0 radical (unpaired) electrons. The van der Waals surface area contributed by atoms with E-state index < -0.39 is 5.97 Å². The average molecular weight is 331 g/mol. The topological polar surface area (TPSA) is 62.1 Å². The fourth-order valence-electron chi connectivity index (χ4n) is 1.66. The second-order valence-corrected chi connectivity index (χ2v) is 5.19. The lowest BCUT2D eigenvalue weighted by Crippen LogP contribution is -2.17. The molecule has 0 saturated carbocycles. The van der Waals surface area contributed by atoms with Crippen LogP contribution in [0.15, 0.2) is 28.9 Å². The minimum atomic E-state index is -0.693. The zero-order valence-electron chi connectivity index (χ0n) is 12.1. The minimum Gasteiger partial charge on any atom is -0.506 e. The molecule has 0 unspecified atom stereocenters. The van der Waals surface area contributed by atoms with Gasteiger partial charge in [-0.3, -0.25) is 0 Å². The van der Waals surface area contributed by atoms with E-state index in [1.165, 1.54) is 24.3 Å². The Kier molecular flexibility index (Phi) is 6.05. The Balaban J connectivity index is 3.46. The molecular weight excluding hydrogens is 315 g/mol. The van der Waals surface area contributed by atoms with Crippen LogP contribution in [0, 0.1) is 0 Å². The van der Waals surface area contributed by atoms with Crippen LogP contribution in [0.2, 0.25) is 10.0 Å². The molecule has 0 aliphatic heterocycles. The number of carbonyl (C=O) groups excluding carboxylic acids is 1. The highest BCUT2D eigenvalue weighted by molar-refractivity contribution is 6.42. The van der Waals surface area contributed by atoms with Crippen LogP contribution in [0.4, 0.5) is 0 Å². The quantitative estimate of drug-likeness (QED) is 0.302. The van der Waals surface area contributed by atoms with E-state index in [0.29, 0.717) is 16.3 Å². The first kappa shape index (κ1) is 17.3. The average Bonchev–Trinajstić information content (AvgIpc) is 2.40. The maximum absolute atomic E-state index is 11.9. The van der Waals surface area contributed by atoms with Gasteiger partial charge in [-0.1, -0.05) is 23.2 Å². The molecule has 0 aromatic heterocycles. The number of esters is 1. The molecule has 0 bridgehead atoms. The zero-order valence-corrected chi connectivity index (χ0v) is 13.7. The number of rotatable bonds is 4. The lowest BCUT2D eigenvalue weighted by atomic mass is 10.1. The molecule has 0 amide bonds. The van der Waals surface area contributed by atoms with E-state index in [0.717, 1.165) is 0 Å². The molecule has 0 aliphatic rings. The van der Waals surface area contributed by atoms with Crippen molar-refractivity contribution in [1.29, 1.82) is 0 Å². The highest BCUT2D eigenvalue weighted by atomic mass is 35.5. The fourth-order valence-corrected chi connectivity index (χ4v) is 1.95. The van der Waals surface area contributed by atoms with Crippen LogP contribution in [0.5, 0.6) is 0 Å². The number of halogens is 2. The molecule has 5 nitrogen and oxygen atoms in total. The van der Waals surface area contributed by atoms with Gasteiger partial charge in [0.1, 0.15) is 11.3 Å². The van der Waals surface area contributed by atoms with E-state index in [-0.39, 0.29) is 16.4 Å². The number of carbonyl (C=O) groups is 1. The summed E-state index contributed by atoms with van der Waals surface area (Å²) in [6.45, 7) is 1.60. The third-order valence-corrected chi connectivity index (χ3v) is 3.27. The number of hydrogen-bond donors (Lipinski definition) is 1. The second kappa shape index (κ2) is 7.33. The summed E-state index contributed by atoms with van der Waals surface area (Å²) in [5.41, 5.74) is 0.623. The number of aliphatic hydroxyl groups is 1. The first-order valence-electron chi connectivity index (χ1n) is 5.97. The molecular formula is C14H16Cl2N2O3. The number of aliphatic hydroxyl groups excluding tert-OH is 1. The van der Waals surface area contributed by atoms with Crippen molar-refractivity contribution < 1.29 is 14.6 Å². The number of nitrogens with zero attached hydrogens (tertiary/aromatic N) is 2. The van der Waals surface area contributed by atoms with Crippen molar-refractivity contribution >= 4 is 40.6 Å². The van der Waals surface area contributed by atoms with Gasteiger partial charge >= 0.3 is 5.97 Å². The second-order valence-electron chi connectivity index (χ2n) is 4.38. The maximum Gasteiger partial charge on any atom is 0.343 e. The van der Waals surface area contributed by atoms with Gasteiger partial charge in [-0.15, -0.1) is 0 Å². The largest absolute Gasteiger partial charge is 0.506 e. The van der Waals surface area contributed by atoms with Crippen molar-refractivity contribution in [2.75, 3.05) is 21.2 Å². The van der Waals surface area contributed by atoms with Crippen LogP contribution in [0.25, 0.3) is 5.76 Å². The SMILES string of the molecule is COC(=O)C(/C(C)=N/N(C)C)=C(/O)c1ccc(Cl)c(Cl)c1. The summed E-state index contributed by atoms with van der Waals surface area (Å²) in [6.07, 6.45) is 0. The molecule has 114 valence electrons. The Morgan fingerprint density at radius 3 is 2.38 bits per heavy atom. The monoisotopic (exact) mass is 330 g/mol. The Labute approximate surface area is 133 Å². The molecule has 0 heterocycles. The summed E-state index contributed by atoms with van der Waals surface area (Å²) in [5.74, 6) is -0.967. The van der Waals surface area contributed by atoms with Crippen molar-refractivity contribution in [3.63, 3.8) is 0 Å². The highest BCUT2D eigenvalue weighted by Crippen LogP contribution is 2.27. The number of hydrogen-bond acceptors (Lipinski definition) is 5. The van der Waals surface area contributed by atoms with Gasteiger partial charge in [0.15, 0.2) is 0 Å². The lowest BCUT2D eigenvalue weighted by Gasteiger charge is -2.12. The molecule has 7 heteroatoms. The molecule has 0 aliphatic carbocycles. The van der Waals surface area contributed by atoms with Crippen LogP contribution in [-0.4, -0.2) is 43.0 Å². The van der Waals surface area contributed by atoms with E-state index in [1.54, 1.807) is 27.1 Å². The van der Waals surface area contributed by atoms with Crippen LogP contribution >= 0.6 is 23.2 Å². The number of ether oxygens (including phenoxy) is 1. The molecule has 1 aromatic carbocycles. The van der Waals surface area contributed by atoms with Gasteiger partial charge in [0.25, 0.3) is 0 Å². The third kappa shape index (κ3) is 4.37. The number of methoxy groups -OCH3 is 1. The van der Waals surface area contributed by atoms with E-state index in [4.69, 9.17) is 27.9 Å². The number of hydrazone groups is 1. The first-order valence-corrected chi connectivity index (χ1v) is 6.73. The van der Waals surface area contributed by atoms with Crippen molar-refractivity contribution in [3.05, 3.63) is 39.4 Å². The zero-order chi connectivity index (χ0) is 16.2. The van der Waals surface area contributed by atoms with Crippen molar-refractivity contribution in [2.45, 2.75) is 6.92 Å². The minimum absolute atomic E-state index is 0.0374. The Hall–Kier alpha value is -1.72.